The number of thioether (sulfide) groups is 1. The fourth-order valence-electron chi connectivity index (χ4n) is 2.16. The molecule has 0 radical (unpaired) electrons. The molecule has 0 aliphatic carbocycles. The lowest BCUT2D eigenvalue weighted by atomic mass is 10.0. The smallest absolute Gasteiger partial charge is 0.341 e. The Hall–Kier alpha value is -1.37. The zero-order chi connectivity index (χ0) is 16.8. The highest BCUT2D eigenvalue weighted by molar-refractivity contribution is 7.99. The second-order valence-corrected chi connectivity index (χ2v) is 6.53. The van der Waals surface area contributed by atoms with Crippen molar-refractivity contribution in [1.29, 1.82) is 0 Å². The fourth-order valence-corrected chi connectivity index (χ4v) is 3.41. The number of hydrogen-bond acceptors (Lipinski definition) is 5. The van der Waals surface area contributed by atoms with E-state index in [1.54, 1.807) is 0 Å². The summed E-state index contributed by atoms with van der Waals surface area (Å²) >= 11 is 7.76. The number of nitrogens with zero attached hydrogens (tertiary/aromatic N) is 1. The largest absolute Gasteiger partial charge is 0.465 e. The van der Waals surface area contributed by atoms with Gasteiger partial charge in [0.1, 0.15) is 11.4 Å². The third-order valence-corrected chi connectivity index (χ3v) is 4.80. The summed E-state index contributed by atoms with van der Waals surface area (Å²) in [4.78, 5) is 26.4. The maximum atomic E-state index is 13.1. The number of methoxy groups -OCH3 is 1. The molecule has 0 unspecified atom stereocenters. The van der Waals surface area contributed by atoms with Gasteiger partial charge in [-0.3, -0.25) is 9.69 Å². The SMILES string of the molecule is COC(=O)C(=Cc1ccc(F)cc1Cl)C(=O)CCN1CCSC1. The number of Topliss-reactive ketones (excluding diaryl/α,β-unsaturated/α-hetero) is 1. The number of ether oxygens (including phenoxy) is 1. The average Bonchev–Trinajstić information content (AvgIpc) is 3.04. The molecule has 1 saturated heterocycles. The summed E-state index contributed by atoms with van der Waals surface area (Å²) in [5.41, 5.74) is 0.325. The third kappa shape index (κ3) is 5.06. The molecule has 23 heavy (non-hydrogen) atoms. The molecular formula is C16H17ClFNO3S. The summed E-state index contributed by atoms with van der Waals surface area (Å²) in [7, 11) is 1.22. The van der Waals surface area contributed by atoms with Crippen molar-refractivity contribution in [2.75, 3.05) is 31.8 Å². The number of rotatable bonds is 6. The average molecular weight is 358 g/mol. The van der Waals surface area contributed by atoms with Gasteiger partial charge in [0, 0.05) is 31.1 Å². The quantitative estimate of drug-likeness (QED) is 0.339. The van der Waals surface area contributed by atoms with Crippen LogP contribution in [0.3, 0.4) is 0 Å². The first kappa shape index (κ1) is 18.0. The van der Waals surface area contributed by atoms with E-state index in [1.807, 2.05) is 11.8 Å². The molecular weight excluding hydrogens is 341 g/mol. The van der Waals surface area contributed by atoms with Gasteiger partial charge in [-0.2, -0.15) is 0 Å². The highest BCUT2D eigenvalue weighted by Crippen LogP contribution is 2.21. The van der Waals surface area contributed by atoms with E-state index >= 15 is 0 Å². The monoisotopic (exact) mass is 357 g/mol. The van der Waals surface area contributed by atoms with Crippen LogP contribution >= 0.6 is 23.4 Å². The Morgan fingerprint density at radius 1 is 1.48 bits per heavy atom. The van der Waals surface area contributed by atoms with E-state index < -0.39 is 11.8 Å². The minimum Gasteiger partial charge on any atom is -0.465 e. The molecule has 124 valence electrons. The Kier molecular flexibility index (Phi) is 6.62. The predicted octanol–water partition coefficient (Wildman–Crippen LogP) is 3.00. The highest BCUT2D eigenvalue weighted by atomic mass is 35.5. The van der Waals surface area contributed by atoms with Crippen LogP contribution in [0.25, 0.3) is 6.08 Å². The summed E-state index contributed by atoms with van der Waals surface area (Å²) in [6, 6.07) is 3.78. The van der Waals surface area contributed by atoms with Gasteiger partial charge < -0.3 is 4.74 Å². The molecule has 1 heterocycles. The molecule has 4 nitrogen and oxygen atoms in total. The molecule has 2 rings (SSSR count). The van der Waals surface area contributed by atoms with Crippen molar-refractivity contribution in [1.82, 2.24) is 4.90 Å². The second-order valence-electron chi connectivity index (χ2n) is 5.04. The minimum atomic E-state index is -0.716. The lowest BCUT2D eigenvalue weighted by Crippen LogP contribution is -2.25. The Morgan fingerprint density at radius 2 is 2.26 bits per heavy atom. The topological polar surface area (TPSA) is 46.6 Å². The number of esters is 1. The first-order valence-electron chi connectivity index (χ1n) is 7.09. The Morgan fingerprint density at radius 3 is 2.87 bits per heavy atom. The van der Waals surface area contributed by atoms with Crippen LogP contribution in [-0.4, -0.2) is 48.5 Å². The highest BCUT2D eigenvalue weighted by Gasteiger charge is 2.21. The van der Waals surface area contributed by atoms with Gasteiger partial charge >= 0.3 is 5.97 Å². The van der Waals surface area contributed by atoms with Gasteiger partial charge in [-0.15, -0.1) is 11.8 Å². The van der Waals surface area contributed by atoms with Gasteiger partial charge in [-0.05, 0) is 23.8 Å². The second kappa shape index (κ2) is 8.47. The summed E-state index contributed by atoms with van der Waals surface area (Å²) in [6.45, 7) is 1.54. The van der Waals surface area contributed by atoms with Crippen LogP contribution in [0.2, 0.25) is 5.02 Å². The molecule has 0 N–H and O–H groups in total. The van der Waals surface area contributed by atoms with Crippen LogP contribution in [0, 0.1) is 5.82 Å². The number of carbonyl (C=O) groups is 2. The Labute approximate surface area is 143 Å². The number of benzene rings is 1. The van der Waals surface area contributed by atoms with Gasteiger partial charge in [-0.25, -0.2) is 9.18 Å². The van der Waals surface area contributed by atoms with Crippen molar-refractivity contribution in [2.24, 2.45) is 0 Å². The first-order valence-corrected chi connectivity index (χ1v) is 8.63. The molecule has 0 atom stereocenters. The van der Waals surface area contributed by atoms with E-state index in [2.05, 4.69) is 9.64 Å². The molecule has 1 fully saturated rings. The van der Waals surface area contributed by atoms with Crippen LogP contribution < -0.4 is 0 Å². The van der Waals surface area contributed by atoms with Gasteiger partial charge in [0.2, 0.25) is 0 Å². The van der Waals surface area contributed by atoms with Gasteiger partial charge in [-0.1, -0.05) is 17.7 Å². The molecule has 0 bridgehead atoms. The molecule has 0 amide bonds. The van der Waals surface area contributed by atoms with Crippen molar-refractivity contribution >= 4 is 41.2 Å². The maximum Gasteiger partial charge on any atom is 0.341 e. The Balaban J connectivity index is 2.16. The molecule has 0 spiro atoms. The van der Waals surface area contributed by atoms with Crippen molar-refractivity contribution in [3.63, 3.8) is 0 Å². The fraction of sp³-hybridized carbons (Fsp3) is 0.375. The minimum absolute atomic E-state index is 0.0761. The van der Waals surface area contributed by atoms with Crippen LogP contribution in [-0.2, 0) is 14.3 Å². The van der Waals surface area contributed by atoms with Crippen LogP contribution in [0.5, 0.6) is 0 Å². The molecule has 0 aromatic heterocycles. The van der Waals surface area contributed by atoms with Gasteiger partial charge in [0.05, 0.1) is 12.1 Å². The predicted molar refractivity (Wildman–Crippen MR) is 89.9 cm³/mol. The molecule has 7 heteroatoms. The molecule has 1 aliphatic rings. The number of hydrogen-bond donors (Lipinski definition) is 0. The van der Waals surface area contributed by atoms with Gasteiger partial charge in [0.15, 0.2) is 5.78 Å². The van der Waals surface area contributed by atoms with Crippen molar-refractivity contribution < 1.29 is 18.7 Å². The molecule has 1 aromatic rings. The number of ketones is 1. The van der Waals surface area contributed by atoms with E-state index in [4.69, 9.17) is 11.6 Å². The standard InChI is InChI=1S/C16H17ClFNO3S/c1-22-16(21)13(8-11-2-3-12(18)9-14(11)17)15(20)4-5-19-6-7-23-10-19/h2-3,8-9H,4-7,10H2,1H3. The van der Waals surface area contributed by atoms with Crippen molar-refractivity contribution in [3.05, 3.63) is 40.2 Å². The number of halogens is 2. The van der Waals surface area contributed by atoms with Crippen LogP contribution in [0.15, 0.2) is 23.8 Å². The summed E-state index contributed by atoms with van der Waals surface area (Å²) in [5, 5.41) is 0.134. The van der Waals surface area contributed by atoms with E-state index in [0.717, 1.165) is 24.2 Å². The normalized spacial score (nSPS) is 15.7. The molecule has 1 aliphatic heterocycles. The number of carbonyl (C=O) groups excluding carboxylic acids is 2. The zero-order valence-electron chi connectivity index (χ0n) is 12.7. The summed E-state index contributed by atoms with van der Waals surface area (Å²) in [5.74, 6) is 0.443. The lowest BCUT2D eigenvalue weighted by molar-refractivity contribution is -0.137. The van der Waals surface area contributed by atoms with E-state index in [1.165, 1.54) is 25.3 Å². The van der Waals surface area contributed by atoms with Crippen LogP contribution in [0.4, 0.5) is 4.39 Å². The van der Waals surface area contributed by atoms with Crippen molar-refractivity contribution in [2.45, 2.75) is 6.42 Å². The van der Waals surface area contributed by atoms with Crippen molar-refractivity contribution in [3.8, 4) is 0 Å². The summed E-state index contributed by atoms with van der Waals surface area (Å²) in [6.07, 6.45) is 1.58. The Bertz CT molecular complexity index is 630. The third-order valence-electron chi connectivity index (χ3n) is 3.45. The maximum absolute atomic E-state index is 13.1. The lowest BCUT2D eigenvalue weighted by Gasteiger charge is -2.13. The summed E-state index contributed by atoms with van der Waals surface area (Å²) < 4.78 is 17.8. The van der Waals surface area contributed by atoms with Gasteiger partial charge in [0.25, 0.3) is 0 Å². The first-order chi connectivity index (χ1) is 11.0. The van der Waals surface area contributed by atoms with Crippen LogP contribution in [0.1, 0.15) is 12.0 Å². The van der Waals surface area contributed by atoms with E-state index in [9.17, 15) is 14.0 Å². The van der Waals surface area contributed by atoms with E-state index in [-0.39, 0.29) is 22.8 Å². The van der Waals surface area contributed by atoms with E-state index in [0.29, 0.717) is 12.1 Å². The molecule has 0 saturated carbocycles. The zero-order valence-corrected chi connectivity index (χ0v) is 14.3. The molecule has 1 aromatic carbocycles.